The molecule has 1 heterocycles. The topological polar surface area (TPSA) is 32.8 Å². The van der Waals surface area contributed by atoms with Gasteiger partial charge in [-0.25, -0.2) is 0 Å². The summed E-state index contributed by atoms with van der Waals surface area (Å²) in [6.45, 7) is 19.2. The largest absolute Gasteiger partial charge is 0.497 e. The number of benzene rings is 2. The second kappa shape index (κ2) is 12.9. The predicted octanol–water partition coefficient (Wildman–Crippen LogP) is 7.78. The number of piperidine rings is 1. The lowest BCUT2D eigenvalue weighted by atomic mass is 9.76. The molecule has 2 aliphatic rings. The molecule has 0 spiro atoms. The summed E-state index contributed by atoms with van der Waals surface area (Å²) in [6.07, 6.45) is 8.94. The van der Waals surface area contributed by atoms with E-state index in [-0.39, 0.29) is 17.4 Å². The molecule has 1 aliphatic carbocycles. The van der Waals surface area contributed by atoms with E-state index in [2.05, 4.69) is 87.8 Å². The monoisotopic (exact) mass is 544 g/mol. The number of allylic oxidation sites excluding steroid dienone is 1. The second-order valence-corrected chi connectivity index (χ2v) is 12.6. The maximum atomic E-state index is 13.3. The molecule has 1 unspecified atom stereocenters. The van der Waals surface area contributed by atoms with Crippen LogP contribution in [0.5, 0.6) is 5.75 Å². The maximum Gasteiger partial charge on any atom is 0.220 e. The quantitative estimate of drug-likeness (QED) is 0.271. The molecule has 4 rings (SSSR count). The molecule has 2 fully saturated rings. The number of rotatable bonds is 11. The van der Waals surface area contributed by atoms with Crippen molar-refractivity contribution in [2.45, 2.75) is 105 Å². The van der Waals surface area contributed by atoms with Crippen molar-refractivity contribution >= 4 is 5.91 Å². The molecule has 1 saturated carbocycles. The molecule has 1 amide bonds. The van der Waals surface area contributed by atoms with Gasteiger partial charge < -0.3 is 9.64 Å². The Bertz CT molecular complexity index is 1170. The summed E-state index contributed by atoms with van der Waals surface area (Å²) in [7, 11) is 1.76. The Morgan fingerprint density at radius 3 is 2.08 bits per heavy atom. The van der Waals surface area contributed by atoms with Crippen molar-refractivity contribution in [3.05, 3.63) is 75.4 Å². The van der Waals surface area contributed by atoms with Crippen molar-refractivity contribution in [2.75, 3.05) is 26.7 Å². The number of hydrogen-bond acceptors (Lipinski definition) is 3. The van der Waals surface area contributed by atoms with Crippen LogP contribution in [0.2, 0.25) is 0 Å². The van der Waals surface area contributed by atoms with Crippen molar-refractivity contribution in [3.8, 4) is 5.75 Å². The van der Waals surface area contributed by atoms with Gasteiger partial charge in [-0.2, -0.15) is 0 Å². The smallest absolute Gasteiger partial charge is 0.220 e. The molecule has 4 heteroatoms. The van der Waals surface area contributed by atoms with E-state index in [1.165, 1.54) is 51.8 Å². The summed E-state index contributed by atoms with van der Waals surface area (Å²) >= 11 is 0. The van der Waals surface area contributed by atoms with Crippen LogP contribution >= 0.6 is 0 Å². The molecule has 2 aromatic carbocycles. The standard InChI is InChI=1S/C36H52N2O2/c1-9-32-21-34(40-8)22-33(10-2)35(32)27(5)20-28(6)36(38(29(7)39)24-30-11-12-30)13-15-37(16-14-36)23-31-18-25(3)17-26(4)19-31/h17-22,27,30H,9-16,23-24H2,1-8H3/b28-20+. The number of likely N-dealkylation sites (tertiary alicyclic amines) is 1. The van der Waals surface area contributed by atoms with Gasteiger partial charge in [-0.1, -0.05) is 61.7 Å². The summed E-state index contributed by atoms with van der Waals surface area (Å²) in [4.78, 5) is 18.1. The van der Waals surface area contributed by atoms with Gasteiger partial charge in [-0.15, -0.1) is 0 Å². The molecule has 0 aromatic heterocycles. The number of carbonyl (C=O) groups excluding carboxylic acids is 1. The van der Waals surface area contributed by atoms with Gasteiger partial charge >= 0.3 is 0 Å². The van der Waals surface area contributed by atoms with E-state index in [0.717, 1.165) is 57.6 Å². The Morgan fingerprint density at radius 1 is 1.02 bits per heavy atom. The first-order valence-electron chi connectivity index (χ1n) is 15.6. The minimum atomic E-state index is -0.215. The fourth-order valence-corrected chi connectivity index (χ4v) is 7.19. The zero-order chi connectivity index (χ0) is 29.0. The number of carbonyl (C=O) groups is 1. The summed E-state index contributed by atoms with van der Waals surface area (Å²) < 4.78 is 5.63. The van der Waals surface area contributed by atoms with Gasteiger partial charge in [0.2, 0.25) is 5.91 Å². The van der Waals surface area contributed by atoms with Crippen molar-refractivity contribution in [1.82, 2.24) is 9.80 Å². The SMILES string of the molecule is CCc1cc(OC)cc(CC)c1C(C)/C=C(\C)C1(N(CC2CC2)C(C)=O)CCN(Cc2cc(C)cc(C)c2)CC1. The van der Waals surface area contributed by atoms with E-state index in [1.807, 2.05) is 0 Å². The van der Waals surface area contributed by atoms with Gasteiger partial charge in [0.15, 0.2) is 0 Å². The molecule has 1 atom stereocenters. The fourth-order valence-electron chi connectivity index (χ4n) is 7.19. The highest BCUT2D eigenvalue weighted by Gasteiger charge is 2.44. The molecule has 0 radical (unpaired) electrons. The van der Waals surface area contributed by atoms with Crippen molar-refractivity contribution in [3.63, 3.8) is 0 Å². The van der Waals surface area contributed by atoms with Crippen LogP contribution in [0.3, 0.4) is 0 Å². The van der Waals surface area contributed by atoms with E-state index in [0.29, 0.717) is 5.92 Å². The Balaban J connectivity index is 1.65. The third-order valence-corrected chi connectivity index (χ3v) is 9.42. The highest BCUT2D eigenvalue weighted by atomic mass is 16.5. The van der Waals surface area contributed by atoms with E-state index in [9.17, 15) is 4.79 Å². The summed E-state index contributed by atoms with van der Waals surface area (Å²) in [5.41, 5.74) is 9.37. The van der Waals surface area contributed by atoms with Crippen LogP contribution in [0.1, 0.15) is 99.6 Å². The number of ether oxygens (including phenoxy) is 1. The van der Waals surface area contributed by atoms with Crippen molar-refractivity contribution in [2.24, 2.45) is 5.92 Å². The molecular weight excluding hydrogens is 492 g/mol. The molecule has 0 N–H and O–H groups in total. The molecule has 40 heavy (non-hydrogen) atoms. The number of methoxy groups -OCH3 is 1. The van der Waals surface area contributed by atoms with E-state index >= 15 is 0 Å². The van der Waals surface area contributed by atoms with Gasteiger partial charge in [-0.3, -0.25) is 9.69 Å². The highest BCUT2D eigenvalue weighted by Crippen LogP contribution is 2.42. The minimum absolute atomic E-state index is 0.215. The first-order valence-corrected chi connectivity index (χ1v) is 15.6. The lowest BCUT2D eigenvalue weighted by Crippen LogP contribution is -2.58. The molecule has 4 nitrogen and oxygen atoms in total. The molecule has 0 bridgehead atoms. The van der Waals surface area contributed by atoms with Crippen LogP contribution in [0.25, 0.3) is 0 Å². The van der Waals surface area contributed by atoms with Crippen LogP contribution in [0, 0.1) is 19.8 Å². The molecule has 1 aliphatic heterocycles. The van der Waals surface area contributed by atoms with Crippen LogP contribution < -0.4 is 4.74 Å². The van der Waals surface area contributed by atoms with E-state index < -0.39 is 0 Å². The number of aryl methyl sites for hydroxylation is 4. The molecular formula is C36H52N2O2. The third-order valence-electron chi connectivity index (χ3n) is 9.42. The number of hydrogen-bond donors (Lipinski definition) is 0. The number of amides is 1. The van der Waals surface area contributed by atoms with Crippen LogP contribution in [-0.4, -0.2) is 48.0 Å². The molecule has 2 aromatic rings. The van der Waals surface area contributed by atoms with Gasteiger partial charge in [0.25, 0.3) is 0 Å². The Labute approximate surface area is 243 Å². The minimum Gasteiger partial charge on any atom is -0.497 e. The van der Waals surface area contributed by atoms with Gasteiger partial charge in [0.1, 0.15) is 5.75 Å². The first kappa shape index (κ1) is 30.4. The Hall–Kier alpha value is -2.59. The normalized spacial score (nSPS) is 18.4. The van der Waals surface area contributed by atoms with Crippen LogP contribution in [0.15, 0.2) is 42.0 Å². The Morgan fingerprint density at radius 2 is 1.60 bits per heavy atom. The summed E-state index contributed by atoms with van der Waals surface area (Å²) in [6, 6.07) is 11.3. The lowest BCUT2D eigenvalue weighted by molar-refractivity contribution is -0.136. The van der Waals surface area contributed by atoms with Crippen LogP contribution in [0.4, 0.5) is 0 Å². The summed E-state index contributed by atoms with van der Waals surface area (Å²) in [5.74, 6) is 2.11. The number of nitrogens with zero attached hydrogens (tertiary/aromatic N) is 2. The first-order chi connectivity index (χ1) is 19.1. The van der Waals surface area contributed by atoms with Gasteiger partial charge in [0, 0.05) is 33.1 Å². The fraction of sp³-hybridized carbons (Fsp3) is 0.583. The van der Waals surface area contributed by atoms with Gasteiger partial charge in [-0.05, 0) is 106 Å². The third kappa shape index (κ3) is 6.82. The zero-order valence-corrected chi connectivity index (χ0v) is 26.4. The highest BCUT2D eigenvalue weighted by molar-refractivity contribution is 5.75. The zero-order valence-electron chi connectivity index (χ0n) is 26.4. The maximum absolute atomic E-state index is 13.3. The molecule has 218 valence electrons. The van der Waals surface area contributed by atoms with Crippen molar-refractivity contribution in [1.29, 1.82) is 0 Å². The van der Waals surface area contributed by atoms with E-state index in [4.69, 9.17) is 4.74 Å². The Kier molecular flexibility index (Phi) is 9.82. The van der Waals surface area contributed by atoms with Gasteiger partial charge in [0.05, 0.1) is 12.6 Å². The van der Waals surface area contributed by atoms with Crippen LogP contribution in [-0.2, 0) is 24.2 Å². The molecule has 1 saturated heterocycles. The second-order valence-electron chi connectivity index (χ2n) is 12.6. The summed E-state index contributed by atoms with van der Waals surface area (Å²) in [5, 5.41) is 0. The van der Waals surface area contributed by atoms with Crippen molar-refractivity contribution < 1.29 is 9.53 Å². The predicted molar refractivity (Wildman–Crippen MR) is 167 cm³/mol. The average molecular weight is 545 g/mol. The lowest BCUT2D eigenvalue weighted by Gasteiger charge is -2.50. The van der Waals surface area contributed by atoms with E-state index in [1.54, 1.807) is 14.0 Å². The average Bonchev–Trinajstić information content (AvgIpc) is 3.75.